The summed E-state index contributed by atoms with van der Waals surface area (Å²) in [6.07, 6.45) is 0.888. The van der Waals surface area contributed by atoms with E-state index in [4.69, 9.17) is 0 Å². The van der Waals surface area contributed by atoms with Gasteiger partial charge in [-0.25, -0.2) is 8.78 Å². The molecule has 4 heteroatoms. The highest BCUT2D eigenvalue weighted by molar-refractivity contribution is 9.10. The smallest absolute Gasteiger partial charge is 0.126 e. The first-order valence-corrected chi connectivity index (χ1v) is 6.85. The van der Waals surface area contributed by atoms with Crippen LogP contribution in [0.15, 0.2) is 40.9 Å². The van der Waals surface area contributed by atoms with Crippen LogP contribution in [0.2, 0.25) is 0 Å². The third-order valence-corrected chi connectivity index (χ3v) is 3.35. The molecule has 2 rings (SSSR count). The van der Waals surface area contributed by atoms with Crippen molar-refractivity contribution in [2.24, 2.45) is 0 Å². The van der Waals surface area contributed by atoms with Crippen LogP contribution in [0.5, 0.6) is 0 Å². The summed E-state index contributed by atoms with van der Waals surface area (Å²) in [6, 6.07) is 9.47. The Bertz CT molecular complexity index is 564. The molecule has 0 spiro atoms. The summed E-state index contributed by atoms with van der Waals surface area (Å²) in [6.45, 7) is 2.46. The van der Waals surface area contributed by atoms with E-state index in [1.165, 1.54) is 12.1 Å². The van der Waals surface area contributed by atoms with E-state index in [0.29, 0.717) is 12.1 Å². The maximum Gasteiger partial charge on any atom is 0.126 e. The number of hydrogen-bond donors (Lipinski definition) is 1. The van der Waals surface area contributed by atoms with Crippen LogP contribution in [0.4, 0.5) is 14.5 Å². The van der Waals surface area contributed by atoms with Crippen LogP contribution < -0.4 is 5.32 Å². The fourth-order valence-corrected chi connectivity index (χ4v) is 2.35. The van der Waals surface area contributed by atoms with Crippen molar-refractivity contribution in [3.05, 3.63) is 63.6 Å². The molecule has 0 saturated carbocycles. The number of benzene rings is 2. The normalized spacial score (nSPS) is 10.5. The van der Waals surface area contributed by atoms with Gasteiger partial charge in [-0.2, -0.15) is 0 Å². The van der Waals surface area contributed by atoms with Gasteiger partial charge in [-0.05, 0) is 47.9 Å². The molecule has 0 aliphatic carbocycles. The summed E-state index contributed by atoms with van der Waals surface area (Å²) in [7, 11) is 0. The van der Waals surface area contributed by atoms with Crippen molar-refractivity contribution in [1.29, 1.82) is 0 Å². The second-order valence-electron chi connectivity index (χ2n) is 4.29. The summed E-state index contributed by atoms with van der Waals surface area (Å²) in [5, 5.41) is 3.21. The van der Waals surface area contributed by atoms with Crippen LogP contribution in [0.25, 0.3) is 0 Å². The molecule has 0 saturated heterocycles. The van der Waals surface area contributed by atoms with Crippen LogP contribution in [0, 0.1) is 11.6 Å². The molecule has 1 nitrogen and oxygen atoms in total. The molecule has 0 aliphatic rings. The molecule has 0 fully saturated rings. The standard InChI is InChI=1S/C15H14BrF2N/c1-2-11-7-12(16)3-4-15(11)19-9-10-5-13(17)8-14(18)6-10/h3-8,19H,2,9H2,1H3. The molecule has 1 N–H and O–H groups in total. The van der Waals surface area contributed by atoms with Crippen LogP contribution in [-0.4, -0.2) is 0 Å². The zero-order chi connectivity index (χ0) is 13.8. The molecule has 2 aromatic rings. The third-order valence-electron chi connectivity index (χ3n) is 2.85. The van der Waals surface area contributed by atoms with Gasteiger partial charge in [0.2, 0.25) is 0 Å². The van der Waals surface area contributed by atoms with Gasteiger partial charge in [0, 0.05) is 22.8 Å². The number of hydrogen-bond acceptors (Lipinski definition) is 1. The van der Waals surface area contributed by atoms with Gasteiger partial charge in [0.05, 0.1) is 0 Å². The molecule has 0 heterocycles. The van der Waals surface area contributed by atoms with Crippen molar-refractivity contribution >= 4 is 21.6 Å². The van der Waals surface area contributed by atoms with Crippen molar-refractivity contribution in [2.45, 2.75) is 19.9 Å². The summed E-state index contributed by atoms with van der Waals surface area (Å²) < 4.78 is 27.2. The first kappa shape index (κ1) is 14.0. The second kappa shape index (κ2) is 6.15. The van der Waals surface area contributed by atoms with E-state index >= 15 is 0 Å². The van der Waals surface area contributed by atoms with Gasteiger partial charge < -0.3 is 5.32 Å². The van der Waals surface area contributed by atoms with Gasteiger partial charge in [-0.15, -0.1) is 0 Å². The maximum atomic E-state index is 13.1. The summed E-state index contributed by atoms with van der Waals surface area (Å²) in [5.74, 6) is -1.10. The average Bonchev–Trinajstić information content (AvgIpc) is 2.36. The van der Waals surface area contributed by atoms with E-state index < -0.39 is 11.6 Å². The summed E-state index contributed by atoms with van der Waals surface area (Å²) in [5.41, 5.74) is 2.73. The zero-order valence-corrected chi connectivity index (χ0v) is 12.1. The largest absolute Gasteiger partial charge is 0.381 e. The minimum Gasteiger partial charge on any atom is -0.381 e. The van der Waals surface area contributed by atoms with E-state index in [-0.39, 0.29) is 0 Å². The topological polar surface area (TPSA) is 12.0 Å². The minimum atomic E-state index is -0.552. The highest BCUT2D eigenvalue weighted by Gasteiger charge is 2.04. The van der Waals surface area contributed by atoms with Crippen molar-refractivity contribution in [3.8, 4) is 0 Å². The Morgan fingerprint density at radius 3 is 2.37 bits per heavy atom. The maximum absolute atomic E-state index is 13.1. The lowest BCUT2D eigenvalue weighted by Crippen LogP contribution is -2.03. The second-order valence-corrected chi connectivity index (χ2v) is 5.20. The van der Waals surface area contributed by atoms with Crippen LogP contribution in [-0.2, 0) is 13.0 Å². The van der Waals surface area contributed by atoms with E-state index in [1.807, 2.05) is 18.2 Å². The third kappa shape index (κ3) is 3.77. The Balaban J connectivity index is 2.14. The molecule has 0 amide bonds. The Morgan fingerprint density at radius 2 is 1.74 bits per heavy atom. The fraction of sp³-hybridized carbons (Fsp3) is 0.200. The van der Waals surface area contributed by atoms with Crippen LogP contribution in [0.1, 0.15) is 18.1 Å². The molecular weight excluding hydrogens is 312 g/mol. The molecular formula is C15H14BrF2N. The molecule has 0 aromatic heterocycles. The lowest BCUT2D eigenvalue weighted by atomic mass is 10.1. The van der Waals surface area contributed by atoms with Crippen LogP contribution in [0.3, 0.4) is 0 Å². The molecule has 0 bridgehead atoms. The Hall–Kier alpha value is -1.42. The van der Waals surface area contributed by atoms with Crippen molar-refractivity contribution < 1.29 is 8.78 Å². The highest BCUT2D eigenvalue weighted by Crippen LogP contribution is 2.22. The number of halogens is 3. The quantitative estimate of drug-likeness (QED) is 0.842. The number of aryl methyl sites for hydroxylation is 1. The number of anilines is 1. The first-order chi connectivity index (χ1) is 9.08. The van der Waals surface area contributed by atoms with Gasteiger partial charge in [-0.3, -0.25) is 0 Å². The predicted octanol–water partition coefficient (Wildman–Crippen LogP) is 4.90. The Morgan fingerprint density at radius 1 is 1.05 bits per heavy atom. The van der Waals surface area contributed by atoms with Gasteiger partial charge >= 0.3 is 0 Å². The van der Waals surface area contributed by atoms with E-state index in [0.717, 1.165) is 28.2 Å². The average molecular weight is 326 g/mol. The van der Waals surface area contributed by atoms with E-state index in [2.05, 4.69) is 28.2 Å². The van der Waals surface area contributed by atoms with Crippen LogP contribution >= 0.6 is 15.9 Å². The van der Waals surface area contributed by atoms with E-state index in [1.54, 1.807) is 0 Å². The first-order valence-electron chi connectivity index (χ1n) is 6.05. The summed E-state index contributed by atoms with van der Waals surface area (Å²) >= 11 is 3.43. The minimum absolute atomic E-state index is 0.392. The zero-order valence-electron chi connectivity index (χ0n) is 10.5. The molecule has 19 heavy (non-hydrogen) atoms. The Labute approximate surface area is 119 Å². The van der Waals surface area contributed by atoms with Gasteiger partial charge in [0.1, 0.15) is 11.6 Å². The monoisotopic (exact) mass is 325 g/mol. The molecule has 0 aliphatic heterocycles. The van der Waals surface area contributed by atoms with Gasteiger partial charge in [0.25, 0.3) is 0 Å². The van der Waals surface area contributed by atoms with Crippen molar-refractivity contribution in [1.82, 2.24) is 0 Å². The van der Waals surface area contributed by atoms with E-state index in [9.17, 15) is 8.78 Å². The fourth-order valence-electron chi connectivity index (χ4n) is 1.94. The molecule has 0 radical (unpaired) electrons. The number of nitrogens with one attached hydrogen (secondary N) is 1. The lowest BCUT2D eigenvalue weighted by Gasteiger charge is -2.11. The van der Waals surface area contributed by atoms with Gasteiger partial charge in [0.15, 0.2) is 0 Å². The lowest BCUT2D eigenvalue weighted by molar-refractivity contribution is 0.580. The van der Waals surface area contributed by atoms with Crippen molar-refractivity contribution in [3.63, 3.8) is 0 Å². The van der Waals surface area contributed by atoms with Crippen molar-refractivity contribution in [2.75, 3.05) is 5.32 Å². The Kier molecular flexibility index (Phi) is 4.53. The molecule has 2 aromatic carbocycles. The van der Waals surface area contributed by atoms with Gasteiger partial charge in [-0.1, -0.05) is 22.9 Å². The summed E-state index contributed by atoms with van der Waals surface area (Å²) in [4.78, 5) is 0. The molecule has 100 valence electrons. The number of rotatable bonds is 4. The predicted molar refractivity (Wildman–Crippen MR) is 77.2 cm³/mol. The highest BCUT2D eigenvalue weighted by atomic mass is 79.9. The molecule has 0 unspecified atom stereocenters. The molecule has 0 atom stereocenters. The SMILES string of the molecule is CCc1cc(Br)ccc1NCc1cc(F)cc(F)c1.